The summed E-state index contributed by atoms with van der Waals surface area (Å²) >= 11 is 2.74. The third-order valence-corrected chi connectivity index (χ3v) is 9.49. The van der Waals surface area contributed by atoms with Gasteiger partial charge in [0.2, 0.25) is 4.96 Å². The minimum absolute atomic E-state index is 0.0214. The van der Waals surface area contributed by atoms with Crippen molar-refractivity contribution >= 4 is 44.5 Å². The highest BCUT2D eigenvalue weighted by molar-refractivity contribution is 7.18. The van der Waals surface area contributed by atoms with Gasteiger partial charge in [-0.1, -0.05) is 18.2 Å². The number of aliphatic hydroxyl groups is 1. The molecule has 1 N–H and O–H groups in total. The average Bonchev–Trinajstić information content (AvgIpc) is 3.84. The first-order chi connectivity index (χ1) is 20.9. The SMILES string of the molecule is COc1cc(OCc2csc(C3(O)CCN(C(=O)c4ccccc4)CC3)n2)c2cc(-c3cnc4sc(OC)nn34)oc2c1. The van der Waals surface area contributed by atoms with E-state index in [2.05, 4.69) is 10.1 Å². The van der Waals surface area contributed by atoms with Gasteiger partial charge in [-0.2, -0.15) is 4.52 Å². The Kier molecular flexibility index (Phi) is 7.00. The molecule has 0 spiro atoms. The molecule has 0 unspecified atom stereocenters. The summed E-state index contributed by atoms with van der Waals surface area (Å²) in [7, 11) is 3.15. The van der Waals surface area contributed by atoms with Crippen molar-refractivity contribution in [3.8, 4) is 28.1 Å². The van der Waals surface area contributed by atoms with Gasteiger partial charge in [0.05, 0.1) is 31.5 Å². The number of thiazole rings is 1. The molecule has 0 atom stereocenters. The quantitative estimate of drug-likeness (QED) is 0.240. The molecule has 0 radical (unpaired) electrons. The van der Waals surface area contributed by atoms with Crippen LogP contribution in [0.2, 0.25) is 0 Å². The lowest BCUT2D eigenvalue weighted by atomic mass is 9.91. The Hall–Kier alpha value is -4.46. The van der Waals surface area contributed by atoms with Crippen LogP contribution in [-0.4, -0.2) is 62.8 Å². The fraction of sp³-hybridized carbons (Fsp3) is 0.267. The van der Waals surface area contributed by atoms with Crippen LogP contribution in [0.5, 0.6) is 16.7 Å². The van der Waals surface area contributed by atoms with E-state index in [4.69, 9.17) is 23.6 Å². The summed E-state index contributed by atoms with van der Waals surface area (Å²) in [5.41, 5.74) is 1.53. The minimum Gasteiger partial charge on any atom is -0.496 e. The molecule has 11 nitrogen and oxygen atoms in total. The number of imidazole rings is 1. The lowest BCUT2D eigenvalue weighted by molar-refractivity contribution is -0.0214. The molecule has 220 valence electrons. The smallest absolute Gasteiger partial charge is 0.294 e. The fourth-order valence-corrected chi connectivity index (χ4v) is 6.82. The monoisotopic (exact) mass is 617 g/mol. The van der Waals surface area contributed by atoms with Crippen LogP contribution in [0.4, 0.5) is 0 Å². The number of carbonyl (C=O) groups is 1. The molecule has 1 fully saturated rings. The van der Waals surface area contributed by atoms with E-state index in [0.717, 1.165) is 5.39 Å². The number of rotatable bonds is 8. The summed E-state index contributed by atoms with van der Waals surface area (Å²) in [6.45, 7) is 1.10. The molecule has 2 aromatic carbocycles. The zero-order valence-electron chi connectivity index (χ0n) is 23.4. The van der Waals surface area contributed by atoms with Crippen molar-refractivity contribution < 1.29 is 28.5 Å². The number of carbonyl (C=O) groups excluding carboxylic acids is 1. The molecule has 6 aromatic rings. The predicted octanol–water partition coefficient (Wildman–Crippen LogP) is 5.38. The van der Waals surface area contributed by atoms with Gasteiger partial charge in [0.15, 0.2) is 5.76 Å². The van der Waals surface area contributed by atoms with Gasteiger partial charge in [0.1, 0.15) is 40.0 Å². The minimum atomic E-state index is -1.09. The van der Waals surface area contributed by atoms with E-state index in [-0.39, 0.29) is 12.5 Å². The highest BCUT2D eigenvalue weighted by atomic mass is 32.1. The normalized spacial score (nSPS) is 14.8. The van der Waals surface area contributed by atoms with Crippen LogP contribution >= 0.6 is 22.7 Å². The van der Waals surface area contributed by atoms with Gasteiger partial charge >= 0.3 is 0 Å². The fourth-order valence-electron chi connectivity index (χ4n) is 5.17. The number of nitrogens with zero attached hydrogens (tertiary/aromatic N) is 5. The second-order valence-corrected chi connectivity index (χ2v) is 12.0. The van der Waals surface area contributed by atoms with Crippen LogP contribution in [0, 0.1) is 0 Å². The maximum absolute atomic E-state index is 12.8. The second kappa shape index (κ2) is 11.0. The molecule has 0 saturated carbocycles. The lowest BCUT2D eigenvalue weighted by Crippen LogP contribution is -2.45. The highest BCUT2D eigenvalue weighted by Crippen LogP contribution is 2.39. The maximum Gasteiger partial charge on any atom is 0.294 e. The van der Waals surface area contributed by atoms with Gasteiger partial charge < -0.3 is 28.6 Å². The maximum atomic E-state index is 12.8. The number of likely N-dealkylation sites (tertiary alicyclic amines) is 1. The molecule has 0 aliphatic carbocycles. The Labute approximate surface area is 253 Å². The predicted molar refractivity (Wildman–Crippen MR) is 161 cm³/mol. The van der Waals surface area contributed by atoms with Gasteiger partial charge in [-0.05, 0) is 29.5 Å². The van der Waals surface area contributed by atoms with Crippen LogP contribution in [0.3, 0.4) is 0 Å². The van der Waals surface area contributed by atoms with Crippen LogP contribution in [0.15, 0.2) is 64.5 Å². The number of amides is 1. The lowest BCUT2D eigenvalue weighted by Gasteiger charge is -2.37. The van der Waals surface area contributed by atoms with Gasteiger partial charge in [0, 0.05) is 49.0 Å². The van der Waals surface area contributed by atoms with Gasteiger partial charge in [-0.3, -0.25) is 4.79 Å². The molecule has 1 aliphatic heterocycles. The van der Waals surface area contributed by atoms with E-state index in [1.165, 1.54) is 22.7 Å². The molecular weight excluding hydrogens is 590 g/mol. The van der Waals surface area contributed by atoms with E-state index >= 15 is 0 Å². The third kappa shape index (κ3) is 5.09. The summed E-state index contributed by atoms with van der Waals surface area (Å²) in [6, 6.07) is 14.7. The molecule has 0 bridgehead atoms. The summed E-state index contributed by atoms with van der Waals surface area (Å²) in [5, 5.41) is 19.6. The molecule has 43 heavy (non-hydrogen) atoms. The van der Waals surface area contributed by atoms with E-state index in [9.17, 15) is 9.90 Å². The Balaban J connectivity index is 1.07. The molecule has 1 aliphatic rings. The highest BCUT2D eigenvalue weighted by Gasteiger charge is 2.38. The molecule has 13 heteroatoms. The number of hydrogen-bond acceptors (Lipinski definition) is 11. The van der Waals surface area contributed by atoms with Crippen molar-refractivity contribution in [3.63, 3.8) is 0 Å². The van der Waals surface area contributed by atoms with E-state index in [0.29, 0.717) is 80.9 Å². The number of piperidine rings is 1. The summed E-state index contributed by atoms with van der Waals surface area (Å²) in [6.07, 6.45) is 2.54. The first-order valence-electron chi connectivity index (χ1n) is 13.6. The average molecular weight is 618 g/mol. The van der Waals surface area contributed by atoms with Crippen LogP contribution in [-0.2, 0) is 12.2 Å². The van der Waals surface area contributed by atoms with Crippen molar-refractivity contribution in [1.82, 2.24) is 24.5 Å². The van der Waals surface area contributed by atoms with Gasteiger partial charge in [-0.25, -0.2) is 9.97 Å². The van der Waals surface area contributed by atoms with Gasteiger partial charge in [-0.15, -0.1) is 16.4 Å². The summed E-state index contributed by atoms with van der Waals surface area (Å²) in [4.78, 5) is 24.4. The topological polar surface area (TPSA) is 124 Å². The number of furan rings is 1. The summed E-state index contributed by atoms with van der Waals surface area (Å²) in [5.74, 6) is 1.71. The summed E-state index contributed by atoms with van der Waals surface area (Å²) < 4.78 is 24.8. The molecule has 1 amide bonds. The first kappa shape index (κ1) is 27.4. The van der Waals surface area contributed by atoms with Gasteiger partial charge in [0.25, 0.3) is 11.1 Å². The number of benzene rings is 2. The molecular formula is C30H27N5O6S2. The number of methoxy groups -OCH3 is 2. The van der Waals surface area contributed by atoms with E-state index in [1.807, 2.05) is 41.8 Å². The number of ether oxygens (including phenoxy) is 3. The zero-order chi connectivity index (χ0) is 29.6. The molecule has 1 saturated heterocycles. The van der Waals surface area contributed by atoms with E-state index in [1.54, 1.807) is 42.0 Å². The Morgan fingerprint density at radius 3 is 2.70 bits per heavy atom. The Morgan fingerprint density at radius 2 is 1.93 bits per heavy atom. The standard InChI is InChI=1S/C30H27N5O6S2/c1-38-20-12-23(21-14-25(41-24(21)13-20)22-15-31-28-35(22)33-29(39-2)43-28)40-16-19-17-42-27(32-19)30(37)8-10-34(11-9-30)26(36)18-6-4-3-5-7-18/h3-7,12-15,17,37H,8-11,16H2,1-2H3. The van der Waals surface area contributed by atoms with Crippen LogP contribution in [0.25, 0.3) is 27.4 Å². The van der Waals surface area contributed by atoms with Crippen molar-refractivity contribution in [3.05, 3.63) is 76.4 Å². The Bertz CT molecular complexity index is 1920. The van der Waals surface area contributed by atoms with Crippen molar-refractivity contribution in [2.24, 2.45) is 0 Å². The van der Waals surface area contributed by atoms with Crippen molar-refractivity contribution in [2.75, 3.05) is 27.3 Å². The number of aromatic nitrogens is 4. The first-order valence-corrected chi connectivity index (χ1v) is 15.3. The largest absolute Gasteiger partial charge is 0.496 e. The molecule has 4 aromatic heterocycles. The van der Waals surface area contributed by atoms with Crippen LogP contribution < -0.4 is 14.2 Å². The van der Waals surface area contributed by atoms with E-state index < -0.39 is 5.60 Å². The molecule has 7 rings (SSSR count). The number of hydrogen-bond donors (Lipinski definition) is 1. The van der Waals surface area contributed by atoms with Crippen molar-refractivity contribution in [1.29, 1.82) is 0 Å². The number of fused-ring (bicyclic) bond motifs is 2. The zero-order valence-corrected chi connectivity index (χ0v) is 25.0. The second-order valence-electron chi connectivity index (χ2n) is 10.2. The Morgan fingerprint density at radius 1 is 1.12 bits per heavy atom. The third-order valence-electron chi connectivity index (χ3n) is 7.53. The van der Waals surface area contributed by atoms with Crippen LogP contribution in [0.1, 0.15) is 33.9 Å². The molecule has 5 heterocycles. The van der Waals surface area contributed by atoms with Crippen molar-refractivity contribution in [2.45, 2.75) is 25.0 Å².